The number of ether oxygens (including phenoxy) is 1. The number of hydrogen-bond donors (Lipinski definition) is 0. The van der Waals surface area contributed by atoms with E-state index in [0.717, 1.165) is 26.6 Å². The highest BCUT2D eigenvalue weighted by atomic mass is 79.9. The fourth-order valence-electron chi connectivity index (χ4n) is 2.46. The Morgan fingerprint density at radius 2 is 1.92 bits per heavy atom. The summed E-state index contributed by atoms with van der Waals surface area (Å²) in [7, 11) is 1.38. The van der Waals surface area contributed by atoms with Crippen LogP contribution in [0.25, 0.3) is 10.9 Å². The van der Waals surface area contributed by atoms with Crippen molar-refractivity contribution < 1.29 is 14.3 Å². The first-order valence-electron chi connectivity index (χ1n) is 7.86. The Hall–Kier alpha value is -2.86. The van der Waals surface area contributed by atoms with Crippen LogP contribution in [0.3, 0.4) is 0 Å². The fourth-order valence-corrected chi connectivity index (χ4v) is 2.84. The Balaban J connectivity index is 0.000000158. The number of benzene rings is 2. The molecule has 2 aromatic carbocycles. The number of esters is 1. The van der Waals surface area contributed by atoms with Gasteiger partial charge in [0, 0.05) is 21.6 Å². The molecule has 0 atom stereocenters. The van der Waals surface area contributed by atoms with Crippen molar-refractivity contribution in [2.24, 2.45) is 4.99 Å². The molecule has 1 aliphatic rings. The summed E-state index contributed by atoms with van der Waals surface area (Å²) in [4.78, 5) is 30.0. The Morgan fingerprint density at radius 1 is 1.12 bits per heavy atom. The number of nitrogens with zero attached hydrogens (tertiary/aromatic N) is 2. The standard InChI is InChI=1S/C12H11NO2.C8H4BrNO/c1-15-12(14)8-10-7-6-9-4-2-3-5-11(9)13-10;9-6-1-2-7-5(3-6)4-10-8(7)11/h2-7H,8H2,1H3;1-4H. The number of pyridine rings is 1. The van der Waals surface area contributed by atoms with Crippen molar-refractivity contribution in [2.75, 3.05) is 7.11 Å². The van der Waals surface area contributed by atoms with Gasteiger partial charge in [-0.05, 0) is 30.3 Å². The van der Waals surface area contributed by atoms with Crippen LogP contribution >= 0.6 is 15.9 Å². The Morgan fingerprint density at radius 3 is 2.73 bits per heavy atom. The Kier molecular flexibility index (Phi) is 5.53. The molecule has 2 heterocycles. The first-order valence-corrected chi connectivity index (χ1v) is 8.65. The van der Waals surface area contributed by atoms with Gasteiger partial charge >= 0.3 is 5.97 Å². The van der Waals surface area contributed by atoms with E-state index in [2.05, 4.69) is 30.6 Å². The van der Waals surface area contributed by atoms with Crippen LogP contribution in [-0.4, -0.2) is 30.2 Å². The van der Waals surface area contributed by atoms with Gasteiger partial charge in [0.1, 0.15) is 0 Å². The van der Waals surface area contributed by atoms with Gasteiger partial charge in [-0.25, -0.2) is 4.99 Å². The molecule has 0 saturated carbocycles. The van der Waals surface area contributed by atoms with E-state index in [-0.39, 0.29) is 18.3 Å². The third-order valence-corrected chi connectivity index (χ3v) is 4.27. The maximum absolute atomic E-state index is 11.1. The van der Waals surface area contributed by atoms with E-state index < -0.39 is 0 Å². The quantitative estimate of drug-likeness (QED) is 0.599. The van der Waals surface area contributed by atoms with Crippen molar-refractivity contribution in [1.29, 1.82) is 0 Å². The average molecular weight is 411 g/mol. The summed E-state index contributed by atoms with van der Waals surface area (Å²) >= 11 is 3.31. The fraction of sp³-hybridized carbons (Fsp3) is 0.100. The lowest BCUT2D eigenvalue weighted by atomic mass is 10.1. The number of aromatic nitrogens is 1. The molecule has 1 aliphatic heterocycles. The SMILES string of the molecule is COC(=O)Cc1ccc2ccccc2n1.O=C1N=Cc2cc(Br)ccc21. The van der Waals surface area contributed by atoms with Gasteiger partial charge in [-0.15, -0.1) is 0 Å². The number of carbonyl (C=O) groups excluding carboxylic acids is 2. The lowest BCUT2D eigenvalue weighted by molar-refractivity contribution is -0.139. The van der Waals surface area contributed by atoms with Crippen LogP contribution in [0, 0.1) is 0 Å². The number of rotatable bonds is 2. The third kappa shape index (κ3) is 4.21. The van der Waals surface area contributed by atoms with Crippen molar-refractivity contribution in [3.05, 3.63) is 75.9 Å². The Labute approximate surface area is 158 Å². The highest BCUT2D eigenvalue weighted by Crippen LogP contribution is 2.19. The topological polar surface area (TPSA) is 68.6 Å². The van der Waals surface area contributed by atoms with E-state index in [1.807, 2.05) is 48.5 Å². The molecule has 0 N–H and O–H groups in total. The molecule has 0 radical (unpaired) electrons. The minimum absolute atomic E-state index is 0.146. The first kappa shape index (κ1) is 17.9. The maximum atomic E-state index is 11.1. The maximum Gasteiger partial charge on any atom is 0.311 e. The zero-order valence-corrected chi connectivity index (χ0v) is 15.6. The molecule has 6 heteroatoms. The minimum Gasteiger partial charge on any atom is -0.469 e. The van der Waals surface area contributed by atoms with Gasteiger partial charge < -0.3 is 4.74 Å². The van der Waals surface area contributed by atoms with Crippen LogP contribution in [0.2, 0.25) is 0 Å². The summed E-state index contributed by atoms with van der Waals surface area (Å²) < 4.78 is 5.56. The van der Waals surface area contributed by atoms with Gasteiger partial charge in [0.25, 0.3) is 5.91 Å². The highest BCUT2D eigenvalue weighted by Gasteiger charge is 2.14. The number of carbonyl (C=O) groups is 2. The first-order chi connectivity index (χ1) is 12.6. The zero-order valence-electron chi connectivity index (χ0n) is 14.0. The lowest BCUT2D eigenvalue weighted by Crippen LogP contribution is -2.05. The van der Waals surface area contributed by atoms with E-state index >= 15 is 0 Å². The second-order valence-corrected chi connectivity index (χ2v) is 6.46. The van der Waals surface area contributed by atoms with Crippen LogP contribution in [-0.2, 0) is 16.0 Å². The molecule has 0 bridgehead atoms. The van der Waals surface area contributed by atoms with Gasteiger partial charge in [0.2, 0.25) is 0 Å². The molecule has 0 unspecified atom stereocenters. The smallest absolute Gasteiger partial charge is 0.311 e. The number of halogens is 1. The summed E-state index contributed by atoms with van der Waals surface area (Å²) in [6.07, 6.45) is 1.81. The predicted molar refractivity (Wildman–Crippen MR) is 104 cm³/mol. The van der Waals surface area contributed by atoms with E-state index in [1.54, 1.807) is 12.3 Å². The number of methoxy groups -OCH3 is 1. The van der Waals surface area contributed by atoms with E-state index in [1.165, 1.54) is 7.11 Å². The molecule has 130 valence electrons. The second kappa shape index (κ2) is 8.01. The van der Waals surface area contributed by atoms with Crippen molar-refractivity contribution in [2.45, 2.75) is 6.42 Å². The van der Waals surface area contributed by atoms with Gasteiger partial charge in [0.15, 0.2) is 0 Å². The number of hydrogen-bond acceptors (Lipinski definition) is 4. The summed E-state index contributed by atoms with van der Waals surface area (Å²) in [6, 6.07) is 17.1. The number of aliphatic imine (C=N–C) groups is 1. The van der Waals surface area contributed by atoms with Crippen LogP contribution in [0.1, 0.15) is 21.6 Å². The third-order valence-electron chi connectivity index (χ3n) is 3.77. The molecular weight excluding hydrogens is 396 g/mol. The minimum atomic E-state index is -0.266. The molecule has 1 aromatic heterocycles. The van der Waals surface area contributed by atoms with Gasteiger partial charge in [-0.2, -0.15) is 0 Å². The number of amides is 1. The Bertz CT molecular complexity index is 1010. The molecule has 1 amide bonds. The monoisotopic (exact) mass is 410 g/mol. The summed E-state index contributed by atoms with van der Waals surface area (Å²) in [6.45, 7) is 0. The highest BCUT2D eigenvalue weighted by molar-refractivity contribution is 9.10. The van der Waals surface area contributed by atoms with Crippen molar-refractivity contribution >= 4 is 44.9 Å². The van der Waals surface area contributed by atoms with Gasteiger partial charge in [-0.1, -0.05) is 40.2 Å². The average Bonchev–Trinajstić information content (AvgIpc) is 3.02. The van der Waals surface area contributed by atoms with E-state index in [0.29, 0.717) is 5.56 Å². The summed E-state index contributed by atoms with van der Waals surface area (Å²) in [5.41, 5.74) is 3.22. The van der Waals surface area contributed by atoms with Gasteiger partial charge in [0.05, 0.1) is 30.3 Å². The number of fused-ring (bicyclic) bond motifs is 2. The van der Waals surface area contributed by atoms with Crippen LogP contribution in [0.4, 0.5) is 0 Å². The second-order valence-electron chi connectivity index (χ2n) is 5.54. The molecular formula is C20H15BrN2O3. The molecule has 26 heavy (non-hydrogen) atoms. The van der Waals surface area contributed by atoms with Crippen LogP contribution in [0.15, 0.2) is 64.1 Å². The normalized spacial score (nSPS) is 11.7. The zero-order chi connectivity index (χ0) is 18.5. The molecule has 3 aromatic rings. The summed E-state index contributed by atoms with van der Waals surface area (Å²) in [5.74, 6) is -0.412. The van der Waals surface area contributed by atoms with Crippen molar-refractivity contribution in [1.82, 2.24) is 4.98 Å². The van der Waals surface area contributed by atoms with E-state index in [9.17, 15) is 9.59 Å². The molecule has 0 spiro atoms. The molecule has 5 nitrogen and oxygen atoms in total. The van der Waals surface area contributed by atoms with Crippen LogP contribution < -0.4 is 0 Å². The number of para-hydroxylation sites is 1. The van der Waals surface area contributed by atoms with Gasteiger partial charge in [-0.3, -0.25) is 14.6 Å². The molecule has 0 fully saturated rings. The molecule has 4 rings (SSSR count). The molecule has 0 saturated heterocycles. The van der Waals surface area contributed by atoms with Crippen molar-refractivity contribution in [3.63, 3.8) is 0 Å². The van der Waals surface area contributed by atoms with E-state index in [4.69, 9.17) is 0 Å². The van der Waals surface area contributed by atoms with Crippen molar-refractivity contribution in [3.8, 4) is 0 Å². The van der Waals surface area contributed by atoms with Crippen LogP contribution in [0.5, 0.6) is 0 Å². The summed E-state index contributed by atoms with van der Waals surface area (Å²) in [5, 5.41) is 1.08. The molecule has 0 aliphatic carbocycles. The predicted octanol–water partition coefficient (Wildman–Crippen LogP) is 3.97. The lowest BCUT2D eigenvalue weighted by Gasteiger charge is -2.01. The largest absolute Gasteiger partial charge is 0.469 e.